The minimum atomic E-state index is -0.394. The summed E-state index contributed by atoms with van der Waals surface area (Å²) in [6.45, 7) is 0.643. The van der Waals surface area contributed by atoms with Gasteiger partial charge in [-0.2, -0.15) is 5.10 Å². The normalized spacial score (nSPS) is 10.5. The Balaban J connectivity index is 1.95. The van der Waals surface area contributed by atoms with Gasteiger partial charge in [0.1, 0.15) is 6.61 Å². The molecule has 17 heavy (non-hydrogen) atoms. The third-order valence-electron chi connectivity index (χ3n) is 2.15. The SMILES string of the molecule is NCCc1n[nH]c(COc2ccccc2F)n1. The number of rotatable bonds is 5. The van der Waals surface area contributed by atoms with Crippen LogP contribution in [0.25, 0.3) is 0 Å². The molecule has 0 saturated heterocycles. The van der Waals surface area contributed by atoms with Gasteiger partial charge in [0, 0.05) is 6.42 Å². The lowest BCUT2D eigenvalue weighted by molar-refractivity contribution is 0.281. The summed E-state index contributed by atoms with van der Waals surface area (Å²) in [6.07, 6.45) is 0.607. The van der Waals surface area contributed by atoms with Crippen LogP contribution in [-0.4, -0.2) is 21.7 Å². The van der Waals surface area contributed by atoms with E-state index < -0.39 is 5.82 Å². The highest BCUT2D eigenvalue weighted by Gasteiger charge is 2.05. The van der Waals surface area contributed by atoms with Gasteiger partial charge in [0.15, 0.2) is 23.2 Å². The van der Waals surface area contributed by atoms with Crippen molar-refractivity contribution in [2.45, 2.75) is 13.0 Å². The van der Waals surface area contributed by atoms with Gasteiger partial charge < -0.3 is 10.5 Å². The minimum Gasteiger partial charge on any atom is -0.483 e. The van der Waals surface area contributed by atoms with Gasteiger partial charge in [0.25, 0.3) is 0 Å². The summed E-state index contributed by atoms with van der Waals surface area (Å²) in [5.41, 5.74) is 5.38. The molecule has 0 aliphatic rings. The average Bonchev–Trinajstić information content (AvgIpc) is 2.76. The van der Waals surface area contributed by atoms with E-state index in [1.54, 1.807) is 18.2 Å². The molecule has 0 saturated carbocycles. The molecule has 0 radical (unpaired) electrons. The summed E-state index contributed by atoms with van der Waals surface area (Å²) < 4.78 is 18.5. The zero-order valence-corrected chi connectivity index (χ0v) is 9.19. The van der Waals surface area contributed by atoms with E-state index in [0.29, 0.717) is 24.6 Å². The number of nitrogens with zero attached hydrogens (tertiary/aromatic N) is 2. The van der Waals surface area contributed by atoms with E-state index in [1.807, 2.05) is 0 Å². The molecule has 0 bridgehead atoms. The van der Waals surface area contributed by atoms with Gasteiger partial charge in [-0.15, -0.1) is 0 Å². The predicted octanol–water partition coefficient (Wildman–Crippen LogP) is 1.02. The van der Waals surface area contributed by atoms with E-state index in [-0.39, 0.29) is 12.4 Å². The largest absolute Gasteiger partial charge is 0.483 e. The molecule has 0 spiro atoms. The maximum atomic E-state index is 13.2. The van der Waals surface area contributed by atoms with E-state index in [0.717, 1.165) is 0 Å². The molecule has 90 valence electrons. The number of para-hydroxylation sites is 1. The third-order valence-corrected chi connectivity index (χ3v) is 2.15. The van der Waals surface area contributed by atoms with Gasteiger partial charge in [-0.25, -0.2) is 9.37 Å². The van der Waals surface area contributed by atoms with Crippen molar-refractivity contribution in [2.24, 2.45) is 5.73 Å². The predicted molar refractivity (Wildman–Crippen MR) is 59.9 cm³/mol. The number of H-pyrrole nitrogens is 1. The molecular formula is C11H13FN4O. The highest BCUT2D eigenvalue weighted by molar-refractivity contribution is 5.23. The lowest BCUT2D eigenvalue weighted by Gasteiger charge is -2.03. The van der Waals surface area contributed by atoms with E-state index in [2.05, 4.69) is 15.2 Å². The van der Waals surface area contributed by atoms with Crippen molar-refractivity contribution < 1.29 is 9.13 Å². The first kappa shape index (κ1) is 11.5. The first-order valence-electron chi connectivity index (χ1n) is 5.27. The number of benzene rings is 1. The van der Waals surface area contributed by atoms with Crippen molar-refractivity contribution in [2.75, 3.05) is 6.54 Å². The second-order valence-corrected chi connectivity index (χ2v) is 3.46. The van der Waals surface area contributed by atoms with E-state index in [9.17, 15) is 4.39 Å². The van der Waals surface area contributed by atoms with E-state index in [4.69, 9.17) is 10.5 Å². The lowest BCUT2D eigenvalue weighted by atomic mass is 10.3. The number of halogens is 1. The highest BCUT2D eigenvalue weighted by atomic mass is 19.1. The Morgan fingerprint density at radius 2 is 2.18 bits per heavy atom. The number of aromatic amines is 1. The molecule has 0 unspecified atom stereocenters. The quantitative estimate of drug-likeness (QED) is 0.812. The van der Waals surface area contributed by atoms with Gasteiger partial charge in [-0.05, 0) is 18.7 Å². The van der Waals surface area contributed by atoms with Crippen LogP contribution in [-0.2, 0) is 13.0 Å². The summed E-state index contributed by atoms with van der Waals surface area (Å²) >= 11 is 0. The van der Waals surface area contributed by atoms with Crippen LogP contribution in [0.3, 0.4) is 0 Å². The number of hydrogen-bond donors (Lipinski definition) is 2. The van der Waals surface area contributed by atoms with Gasteiger partial charge in [0.05, 0.1) is 0 Å². The zero-order valence-electron chi connectivity index (χ0n) is 9.19. The molecular weight excluding hydrogens is 223 g/mol. The Morgan fingerprint density at radius 3 is 2.94 bits per heavy atom. The van der Waals surface area contributed by atoms with E-state index >= 15 is 0 Å². The van der Waals surface area contributed by atoms with Crippen molar-refractivity contribution in [3.05, 3.63) is 41.7 Å². The van der Waals surface area contributed by atoms with E-state index in [1.165, 1.54) is 6.07 Å². The number of aromatic nitrogens is 3. The summed E-state index contributed by atoms with van der Waals surface area (Å²) in [6, 6.07) is 6.22. The monoisotopic (exact) mass is 236 g/mol. The second kappa shape index (κ2) is 5.40. The fourth-order valence-electron chi connectivity index (χ4n) is 1.35. The topological polar surface area (TPSA) is 76.8 Å². The molecule has 3 N–H and O–H groups in total. The molecule has 0 amide bonds. The van der Waals surface area contributed by atoms with Crippen LogP contribution in [0.4, 0.5) is 4.39 Å². The van der Waals surface area contributed by atoms with Gasteiger partial charge in [-0.1, -0.05) is 12.1 Å². The van der Waals surface area contributed by atoms with Gasteiger partial charge >= 0.3 is 0 Å². The Labute approximate surface area is 97.8 Å². The van der Waals surface area contributed by atoms with Gasteiger partial charge in [0.2, 0.25) is 0 Å². The number of nitrogens with two attached hydrogens (primary N) is 1. The molecule has 0 fully saturated rings. The van der Waals surface area contributed by atoms with Crippen molar-refractivity contribution in [3.63, 3.8) is 0 Å². The summed E-state index contributed by atoms with van der Waals surface area (Å²) in [4.78, 5) is 4.15. The fourth-order valence-corrected chi connectivity index (χ4v) is 1.35. The molecule has 1 aromatic carbocycles. The van der Waals surface area contributed by atoms with Gasteiger partial charge in [-0.3, -0.25) is 5.10 Å². The van der Waals surface area contributed by atoms with Crippen LogP contribution < -0.4 is 10.5 Å². The lowest BCUT2D eigenvalue weighted by Crippen LogP contribution is -2.04. The maximum absolute atomic E-state index is 13.2. The summed E-state index contributed by atoms with van der Waals surface area (Å²) in [5, 5.41) is 6.67. The fraction of sp³-hybridized carbons (Fsp3) is 0.273. The molecule has 0 aliphatic heterocycles. The number of hydrogen-bond acceptors (Lipinski definition) is 4. The maximum Gasteiger partial charge on any atom is 0.165 e. The first-order chi connectivity index (χ1) is 8.29. The smallest absolute Gasteiger partial charge is 0.165 e. The standard InChI is InChI=1S/C11H13FN4O/c12-8-3-1-2-4-9(8)17-7-11-14-10(5-6-13)15-16-11/h1-4H,5-7,13H2,(H,14,15,16). The van der Waals surface area contributed by atoms with Crippen molar-refractivity contribution in [3.8, 4) is 5.75 Å². The van der Waals surface area contributed by atoms with Crippen LogP contribution in [0.5, 0.6) is 5.75 Å². The highest BCUT2D eigenvalue weighted by Crippen LogP contribution is 2.16. The number of nitrogens with one attached hydrogen (secondary N) is 1. The molecule has 2 aromatic rings. The molecule has 0 aliphatic carbocycles. The van der Waals surface area contributed by atoms with Crippen LogP contribution in [0.2, 0.25) is 0 Å². The molecule has 6 heteroatoms. The summed E-state index contributed by atoms with van der Waals surface area (Å²) in [5.74, 6) is 0.995. The number of ether oxygens (including phenoxy) is 1. The molecule has 1 aromatic heterocycles. The van der Waals surface area contributed by atoms with Crippen molar-refractivity contribution in [1.82, 2.24) is 15.2 Å². The van der Waals surface area contributed by atoms with Crippen LogP contribution in [0.1, 0.15) is 11.6 Å². The third kappa shape index (κ3) is 3.01. The molecule has 0 atom stereocenters. The summed E-state index contributed by atoms with van der Waals surface area (Å²) in [7, 11) is 0. The Hall–Kier alpha value is -1.95. The Morgan fingerprint density at radius 1 is 1.35 bits per heavy atom. The molecule has 1 heterocycles. The van der Waals surface area contributed by atoms with Crippen LogP contribution in [0.15, 0.2) is 24.3 Å². The molecule has 5 nitrogen and oxygen atoms in total. The van der Waals surface area contributed by atoms with Crippen molar-refractivity contribution >= 4 is 0 Å². The average molecular weight is 236 g/mol. The molecule has 2 rings (SSSR count). The first-order valence-corrected chi connectivity index (χ1v) is 5.27. The van der Waals surface area contributed by atoms with Crippen molar-refractivity contribution in [1.29, 1.82) is 0 Å². The van der Waals surface area contributed by atoms with Crippen LogP contribution in [0, 0.1) is 5.82 Å². The Kier molecular flexibility index (Phi) is 3.66. The van der Waals surface area contributed by atoms with Crippen LogP contribution >= 0.6 is 0 Å². The second-order valence-electron chi connectivity index (χ2n) is 3.46. The Bertz CT molecular complexity index is 486. The zero-order chi connectivity index (χ0) is 12.1. The minimum absolute atomic E-state index is 0.151.